The number of nitrogens with one attached hydrogen (secondary N) is 1. The summed E-state index contributed by atoms with van der Waals surface area (Å²) in [6.45, 7) is 6.29. The monoisotopic (exact) mass is 508 g/mol. The summed E-state index contributed by atoms with van der Waals surface area (Å²) in [5, 5.41) is 4.63. The molecule has 1 fully saturated rings. The molecule has 1 aliphatic rings. The second-order valence-electron chi connectivity index (χ2n) is 9.24. The van der Waals surface area contributed by atoms with Crippen LogP contribution in [0.4, 0.5) is 26.4 Å². The van der Waals surface area contributed by atoms with Crippen molar-refractivity contribution in [2.75, 3.05) is 49.8 Å². The predicted octanol–water partition coefficient (Wildman–Crippen LogP) is 4.24. The average Bonchev–Trinajstić information content (AvgIpc) is 2.80. The fraction of sp³-hybridized carbons (Fsp3) is 0.500. The van der Waals surface area contributed by atoms with Crippen LogP contribution in [0.5, 0.6) is 0 Å². The number of aromatic nitrogens is 1. The minimum Gasteiger partial charge on any atom is -0.433 e. The number of hydrogen-bond donors (Lipinski definition) is 1. The van der Waals surface area contributed by atoms with Crippen LogP contribution in [-0.2, 0) is 19.4 Å². The third kappa shape index (κ3) is 8.07. The number of hydroxylamine groups is 2. The van der Waals surface area contributed by atoms with Crippen molar-refractivity contribution in [3.8, 4) is 0 Å². The van der Waals surface area contributed by atoms with E-state index in [1.807, 2.05) is 31.9 Å². The molecule has 0 bridgehead atoms. The first-order chi connectivity index (χ1) is 16.5. The number of benzene rings is 1. The summed E-state index contributed by atoms with van der Waals surface area (Å²) in [6, 6.07) is 7.31. The summed E-state index contributed by atoms with van der Waals surface area (Å²) in [5.41, 5.74) is 0.812. The summed E-state index contributed by atoms with van der Waals surface area (Å²) < 4.78 is 42.7. The Labute approximate surface area is 206 Å². The lowest BCUT2D eigenvalue weighted by molar-refractivity contribution is -0.143. The maximum Gasteiger partial charge on any atom is 0.527 e. The molecule has 0 radical (unpaired) electrons. The Morgan fingerprint density at radius 2 is 1.97 bits per heavy atom. The summed E-state index contributed by atoms with van der Waals surface area (Å²) >= 11 is 0. The van der Waals surface area contributed by atoms with Crippen molar-refractivity contribution in [2.45, 2.75) is 31.6 Å². The Kier molecular flexibility index (Phi) is 8.90. The third-order valence-electron chi connectivity index (χ3n) is 5.63. The summed E-state index contributed by atoms with van der Waals surface area (Å²) in [6.07, 6.45) is 3.73. The first-order valence-electron chi connectivity index (χ1n) is 11.5. The highest BCUT2D eigenvalue weighted by Gasteiger charge is 2.24. The van der Waals surface area contributed by atoms with Gasteiger partial charge in [-0.3, -0.25) is 0 Å². The average molecular weight is 509 g/mol. The molecule has 0 amide bonds. The number of rotatable bonds is 9. The van der Waals surface area contributed by atoms with Gasteiger partial charge in [-0.25, -0.2) is 22.6 Å². The second-order valence-corrected chi connectivity index (χ2v) is 11.3. The normalized spacial score (nSPS) is 15.1. The van der Waals surface area contributed by atoms with Crippen molar-refractivity contribution in [1.82, 2.24) is 10.0 Å². The molecular weight excluding hydrogens is 475 g/mol. The number of anilines is 3. The molecule has 1 aromatic carbocycles. The maximum absolute atomic E-state index is 14.4. The van der Waals surface area contributed by atoms with Crippen LogP contribution in [-0.4, -0.2) is 64.2 Å². The van der Waals surface area contributed by atoms with Gasteiger partial charge in [0.1, 0.15) is 11.6 Å². The van der Waals surface area contributed by atoms with Gasteiger partial charge in [0.25, 0.3) is 0 Å². The quantitative estimate of drug-likeness (QED) is 0.498. The Balaban J connectivity index is 1.52. The van der Waals surface area contributed by atoms with Crippen LogP contribution in [0.1, 0.15) is 26.7 Å². The lowest BCUT2D eigenvalue weighted by Crippen LogP contribution is -2.39. The van der Waals surface area contributed by atoms with Crippen LogP contribution in [0.25, 0.3) is 0 Å². The molecule has 1 aromatic heterocycles. The zero-order chi connectivity index (χ0) is 25.6. The van der Waals surface area contributed by atoms with E-state index in [1.165, 1.54) is 12.1 Å². The smallest absolute Gasteiger partial charge is 0.433 e. The Hall–Kier alpha value is -2.92. The van der Waals surface area contributed by atoms with Gasteiger partial charge in [-0.15, -0.1) is 5.06 Å². The van der Waals surface area contributed by atoms with Crippen molar-refractivity contribution in [3.05, 3.63) is 42.3 Å². The molecule has 0 atom stereocenters. The summed E-state index contributed by atoms with van der Waals surface area (Å²) in [5.74, 6) is 0.720. The Morgan fingerprint density at radius 3 is 2.60 bits per heavy atom. The number of pyridine rings is 1. The number of carbonyl (C=O) groups excluding carboxylic acids is 1. The lowest BCUT2D eigenvalue weighted by atomic mass is 9.97. The molecular formula is C24H33FN4O5S. The first kappa shape index (κ1) is 26.7. The van der Waals surface area contributed by atoms with E-state index >= 15 is 0 Å². The van der Waals surface area contributed by atoms with Crippen molar-refractivity contribution in [2.24, 2.45) is 11.8 Å². The highest BCUT2D eigenvalue weighted by Crippen LogP contribution is 2.26. The number of ether oxygens (including phenoxy) is 1. The van der Waals surface area contributed by atoms with Crippen molar-refractivity contribution in [3.63, 3.8) is 0 Å². The molecule has 0 unspecified atom stereocenters. The van der Waals surface area contributed by atoms with E-state index in [-0.39, 0.29) is 16.5 Å². The maximum atomic E-state index is 14.4. The highest BCUT2D eigenvalue weighted by molar-refractivity contribution is 7.90. The number of halogens is 1. The molecule has 192 valence electrons. The summed E-state index contributed by atoms with van der Waals surface area (Å²) in [4.78, 5) is 23.4. The fourth-order valence-corrected chi connectivity index (χ4v) is 4.35. The topological polar surface area (TPSA) is 101 Å². The molecule has 9 nitrogen and oxygen atoms in total. The molecule has 2 aromatic rings. The second kappa shape index (κ2) is 11.7. The molecule has 1 N–H and O–H groups in total. The number of carbonyl (C=O) groups is 1. The SMILES string of the molecule is CC(C)COC(=O)ON1CCC(CN(C)c2cc(Nc3ccc(S(C)(=O)=O)cc3F)ccn2)CC1. The standard InChI is InChI=1S/C24H33FN4O5S/c1-17(2)16-33-24(30)34-29-11-8-18(9-12-29)15-28(3)23-13-19(7-10-26-23)27-22-6-5-20(14-21(22)25)35(4,31)32/h5-7,10,13-14,17-18H,8-9,11-12,15-16H2,1-4H3,(H,26,27). The molecule has 1 aliphatic heterocycles. The van der Waals surface area contributed by atoms with Crippen LogP contribution in [0.15, 0.2) is 41.4 Å². The van der Waals surface area contributed by atoms with Crippen LogP contribution in [0.3, 0.4) is 0 Å². The van der Waals surface area contributed by atoms with Crippen LogP contribution in [0.2, 0.25) is 0 Å². The number of nitrogens with zero attached hydrogens (tertiary/aromatic N) is 3. The van der Waals surface area contributed by atoms with Gasteiger partial charge >= 0.3 is 6.16 Å². The highest BCUT2D eigenvalue weighted by atomic mass is 32.2. The Morgan fingerprint density at radius 1 is 1.26 bits per heavy atom. The largest absolute Gasteiger partial charge is 0.527 e. The van der Waals surface area contributed by atoms with E-state index < -0.39 is 21.8 Å². The predicted molar refractivity (Wildman–Crippen MR) is 132 cm³/mol. The molecule has 0 aliphatic carbocycles. The fourth-order valence-electron chi connectivity index (χ4n) is 3.72. The molecule has 3 rings (SSSR count). The number of piperidine rings is 1. The van der Waals surface area contributed by atoms with E-state index in [0.29, 0.717) is 31.3 Å². The Bertz CT molecular complexity index is 1120. The molecule has 0 saturated carbocycles. The third-order valence-corrected chi connectivity index (χ3v) is 6.74. The molecule has 0 spiro atoms. The van der Waals surface area contributed by atoms with Crippen LogP contribution in [0, 0.1) is 17.7 Å². The van der Waals surface area contributed by atoms with Gasteiger partial charge in [0, 0.05) is 50.9 Å². The van der Waals surface area contributed by atoms with Gasteiger partial charge in [0.05, 0.1) is 17.2 Å². The van der Waals surface area contributed by atoms with Gasteiger partial charge < -0.3 is 19.8 Å². The van der Waals surface area contributed by atoms with Crippen molar-refractivity contribution < 1.29 is 27.2 Å². The zero-order valence-corrected chi connectivity index (χ0v) is 21.3. The first-order valence-corrected chi connectivity index (χ1v) is 13.4. The van der Waals surface area contributed by atoms with Gasteiger partial charge in [-0.2, -0.15) is 0 Å². The van der Waals surface area contributed by atoms with Crippen molar-refractivity contribution >= 4 is 33.2 Å². The van der Waals surface area contributed by atoms with E-state index in [9.17, 15) is 17.6 Å². The summed E-state index contributed by atoms with van der Waals surface area (Å²) in [7, 11) is -1.54. The van der Waals surface area contributed by atoms with E-state index in [2.05, 4.69) is 10.3 Å². The zero-order valence-electron chi connectivity index (χ0n) is 20.5. The lowest BCUT2D eigenvalue weighted by Gasteiger charge is -2.32. The van der Waals surface area contributed by atoms with Gasteiger partial charge in [0.15, 0.2) is 9.84 Å². The number of sulfone groups is 1. The van der Waals surface area contributed by atoms with E-state index in [4.69, 9.17) is 9.57 Å². The number of hydrogen-bond acceptors (Lipinski definition) is 9. The van der Waals surface area contributed by atoms with E-state index in [0.717, 1.165) is 37.5 Å². The van der Waals surface area contributed by atoms with Crippen LogP contribution < -0.4 is 10.2 Å². The minimum atomic E-state index is -3.48. The minimum absolute atomic E-state index is 0.0698. The van der Waals surface area contributed by atoms with E-state index in [1.54, 1.807) is 17.3 Å². The molecule has 11 heteroatoms. The van der Waals surface area contributed by atoms with Gasteiger partial charge in [0.2, 0.25) is 0 Å². The van der Waals surface area contributed by atoms with Gasteiger partial charge in [-0.05, 0) is 48.9 Å². The molecule has 2 heterocycles. The molecule has 35 heavy (non-hydrogen) atoms. The van der Waals surface area contributed by atoms with Crippen molar-refractivity contribution in [1.29, 1.82) is 0 Å². The van der Waals surface area contributed by atoms with Crippen LogP contribution >= 0.6 is 0 Å². The molecule has 1 saturated heterocycles. The van der Waals surface area contributed by atoms with Gasteiger partial charge in [-0.1, -0.05) is 13.8 Å².